The number of hydrogen-bond acceptors (Lipinski definition) is 5. The predicted octanol–water partition coefficient (Wildman–Crippen LogP) is 3.40. The van der Waals surface area contributed by atoms with Crippen LogP contribution in [-0.2, 0) is 27.3 Å². The van der Waals surface area contributed by atoms with Gasteiger partial charge in [-0.25, -0.2) is 0 Å². The van der Waals surface area contributed by atoms with E-state index in [4.69, 9.17) is 9.47 Å². The first kappa shape index (κ1) is 19.6. The summed E-state index contributed by atoms with van der Waals surface area (Å²) in [5.74, 6) is 0.348. The summed E-state index contributed by atoms with van der Waals surface area (Å²) in [7, 11) is 3.00. The Morgan fingerprint density at radius 1 is 1.03 bits per heavy atom. The zero-order valence-corrected chi connectivity index (χ0v) is 17.0. The van der Waals surface area contributed by atoms with Crippen molar-refractivity contribution < 1.29 is 19.1 Å². The van der Waals surface area contributed by atoms with E-state index in [1.807, 2.05) is 42.5 Å². The molecule has 4 rings (SSSR count). The summed E-state index contributed by atoms with van der Waals surface area (Å²) in [4.78, 5) is 28.8. The van der Waals surface area contributed by atoms with Crippen LogP contribution in [0.25, 0.3) is 0 Å². The van der Waals surface area contributed by atoms with Crippen molar-refractivity contribution in [3.05, 3.63) is 65.7 Å². The maximum absolute atomic E-state index is 13.4. The molecular weight excluding hydrogens is 366 g/mol. The molecule has 0 saturated carbocycles. The molecule has 0 N–H and O–H groups in total. The summed E-state index contributed by atoms with van der Waals surface area (Å²) >= 11 is 0. The monoisotopic (exact) mass is 393 g/mol. The first-order valence-corrected chi connectivity index (χ1v) is 10.1. The van der Waals surface area contributed by atoms with E-state index in [0.29, 0.717) is 12.8 Å². The molecule has 0 aliphatic carbocycles. The number of benzene rings is 2. The fourth-order valence-corrected chi connectivity index (χ4v) is 5.09. The highest BCUT2D eigenvalue weighted by Crippen LogP contribution is 2.48. The van der Waals surface area contributed by atoms with Crippen LogP contribution in [0.15, 0.2) is 54.6 Å². The van der Waals surface area contributed by atoms with Gasteiger partial charge in [0.15, 0.2) is 5.78 Å². The highest BCUT2D eigenvalue weighted by Gasteiger charge is 2.61. The topological polar surface area (TPSA) is 55.8 Å². The van der Waals surface area contributed by atoms with Crippen LogP contribution in [0.5, 0.6) is 5.75 Å². The van der Waals surface area contributed by atoms with Gasteiger partial charge in [-0.15, -0.1) is 0 Å². The van der Waals surface area contributed by atoms with Crippen molar-refractivity contribution in [1.82, 2.24) is 4.90 Å². The molecule has 5 nitrogen and oxygen atoms in total. The number of fused-ring (bicyclic) bond motifs is 2. The van der Waals surface area contributed by atoms with E-state index in [0.717, 1.165) is 30.7 Å². The second-order valence-corrected chi connectivity index (χ2v) is 8.02. The Hall–Kier alpha value is -2.66. The second-order valence-electron chi connectivity index (χ2n) is 8.02. The zero-order valence-electron chi connectivity index (χ0n) is 17.0. The Balaban J connectivity index is 1.70. The third-order valence-electron chi connectivity index (χ3n) is 6.53. The van der Waals surface area contributed by atoms with Crippen LogP contribution in [0, 0.1) is 5.41 Å². The van der Waals surface area contributed by atoms with Crippen LogP contribution in [-0.4, -0.2) is 43.0 Å². The normalized spacial score (nSPS) is 26.3. The molecule has 0 spiro atoms. The average molecular weight is 393 g/mol. The lowest BCUT2D eigenvalue weighted by Gasteiger charge is -2.45. The molecule has 0 aromatic heterocycles. The molecule has 5 heteroatoms. The van der Waals surface area contributed by atoms with Crippen molar-refractivity contribution >= 4 is 11.8 Å². The van der Waals surface area contributed by atoms with Crippen molar-refractivity contribution in [3.63, 3.8) is 0 Å². The van der Waals surface area contributed by atoms with Gasteiger partial charge in [-0.05, 0) is 42.5 Å². The number of ether oxygens (including phenoxy) is 2. The van der Waals surface area contributed by atoms with Gasteiger partial charge in [-0.3, -0.25) is 14.5 Å². The van der Waals surface area contributed by atoms with Crippen LogP contribution in [0.1, 0.15) is 30.4 Å². The SMILES string of the molecule is COC(=O)[C@]1(Cc2ccc(OC)cc2)C(=O)C[C@H]2CC[C@H]1N2Cc1ccccc1. The molecule has 0 radical (unpaired) electrons. The van der Waals surface area contributed by atoms with Gasteiger partial charge in [0.2, 0.25) is 0 Å². The molecule has 0 unspecified atom stereocenters. The first-order valence-electron chi connectivity index (χ1n) is 10.1. The lowest BCUT2D eigenvalue weighted by molar-refractivity contribution is -0.167. The number of carbonyl (C=O) groups excluding carboxylic acids is 2. The van der Waals surface area contributed by atoms with Gasteiger partial charge in [0.05, 0.1) is 14.2 Å². The molecule has 2 aromatic rings. The second kappa shape index (κ2) is 7.99. The third-order valence-corrected chi connectivity index (χ3v) is 6.53. The summed E-state index contributed by atoms with van der Waals surface area (Å²) in [6.07, 6.45) is 2.51. The van der Waals surface area contributed by atoms with E-state index in [-0.39, 0.29) is 17.9 Å². The summed E-state index contributed by atoms with van der Waals surface area (Å²) in [5.41, 5.74) is 0.974. The maximum atomic E-state index is 13.4. The summed E-state index contributed by atoms with van der Waals surface area (Å²) in [6.45, 7) is 0.741. The molecule has 3 atom stereocenters. The largest absolute Gasteiger partial charge is 0.497 e. The van der Waals surface area contributed by atoms with E-state index < -0.39 is 11.4 Å². The summed E-state index contributed by atoms with van der Waals surface area (Å²) < 4.78 is 10.5. The summed E-state index contributed by atoms with van der Waals surface area (Å²) in [6, 6.07) is 17.9. The predicted molar refractivity (Wildman–Crippen MR) is 110 cm³/mol. The Kier molecular flexibility index (Phi) is 5.41. The number of carbonyl (C=O) groups is 2. The number of esters is 1. The number of Topliss-reactive ketones (excluding diaryl/α,β-unsaturated/α-hetero) is 1. The van der Waals surface area contributed by atoms with Gasteiger partial charge in [0.25, 0.3) is 0 Å². The molecule has 2 bridgehead atoms. The quantitative estimate of drug-likeness (QED) is 0.556. The molecule has 2 aromatic carbocycles. The van der Waals surface area contributed by atoms with Gasteiger partial charge in [-0.2, -0.15) is 0 Å². The molecule has 2 saturated heterocycles. The highest BCUT2D eigenvalue weighted by molar-refractivity contribution is 6.06. The van der Waals surface area contributed by atoms with Crippen molar-refractivity contribution in [3.8, 4) is 5.75 Å². The van der Waals surface area contributed by atoms with Crippen molar-refractivity contribution in [1.29, 1.82) is 0 Å². The van der Waals surface area contributed by atoms with Crippen LogP contribution >= 0.6 is 0 Å². The van der Waals surface area contributed by atoms with Gasteiger partial charge in [0.1, 0.15) is 11.2 Å². The minimum Gasteiger partial charge on any atom is -0.497 e. The average Bonchev–Trinajstić information content (AvgIpc) is 3.07. The molecule has 2 aliphatic rings. The van der Waals surface area contributed by atoms with Gasteiger partial charge in [0, 0.05) is 25.0 Å². The van der Waals surface area contributed by atoms with E-state index in [1.54, 1.807) is 7.11 Å². The minimum atomic E-state index is -1.16. The number of hydrogen-bond donors (Lipinski definition) is 0. The highest BCUT2D eigenvalue weighted by atomic mass is 16.5. The number of ketones is 1. The maximum Gasteiger partial charge on any atom is 0.321 e. The van der Waals surface area contributed by atoms with E-state index in [2.05, 4.69) is 17.0 Å². The van der Waals surface area contributed by atoms with Crippen LogP contribution < -0.4 is 4.74 Å². The number of piperidine rings is 1. The number of nitrogens with zero attached hydrogens (tertiary/aromatic N) is 1. The van der Waals surface area contributed by atoms with Gasteiger partial charge >= 0.3 is 5.97 Å². The molecule has 2 heterocycles. The fraction of sp³-hybridized carbons (Fsp3) is 0.417. The van der Waals surface area contributed by atoms with E-state index in [1.165, 1.54) is 12.7 Å². The molecule has 2 fully saturated rings. The van der Waals surface area contributed by atoms with Crippen molar-refractivity contribution in [2.24, 2.45) is 5.41 Å². The number of methoxy groups -OCH3 is 2. The van der Waals surface area contributed by atoms with Crippen molar-refractivity contribution in [2.45, 2.75) is 44.3 Å². The Labute approximate surface area is 171 Å². The first-order chi connectivity index (χ1) is 14.1. The van der Waals surface area contributed by atoms with Gasteiger partial charge < -0.3 is 9.47 Å². The molecular formula is C24H27NO4. The third kappa shape index (κ3) is 3.44. The number of rotatable bonds is 6. The molecule has 2 aliphatic heterocycles. The Morgan fingerprint density at radius 3 is 2.41 bits per heavy atom. The fourth-order valence-electron chi connectivity index (χ4n) is 5.09. The lowest BCUT2D eigenvalue weighted by Crippen LogP contribution is -2.61. The Bertz CT molecular complexity index is 880. The van der Waals surface area contributed by atoms with Crippen LogP contribution in [0.2, 0.25) is 0 Å². The van der Waals surface area contributed by atoms with Crippen LogP contribution in [0.3, 0.4) is 0 Å². The molecule has 29 heavy (non-hydrogen) atoms. The zero-order chi connectivity index (χ0) is 20.4. The smallest absolute Gasteiger partial charge is 0.321 e. The Morgan fingerprint density at radius 2 is 1.76 bits per heavy atom. The summed E-state index contributed by atoms with van der Waals surface area (Å²) in [5, 5.41) is 0. The van der Waals surface area contributed by atoms with E-state index in [9.17, 15) is 9.59 Å². The standard InChI is InChI=1S/C24H27NO4/c1-28-20-11-8-17(9-12-20)15-24(23(27)29-2)21-13-10-19(14-22(24)26)25(21)16-18-6-4-3-5-7-18/h3-9,11-12,19,21H,10,13-16H2,1-2H3/t19-,21-,24+/m1/s1. The molecule has 152 valence electrons. The molecule has 0 amide bonds. The van der Waals surface area contributed by atoms with E-state index >= 15 is 0 Å². The minimum absolute atomic E-state index is 0.0111. The lowest BCUT2D eigenvalue weighted by atomic mass is 9.68. The van der Waals surface area contributed by atoms with Crippen LogP contribution in [0.4, 0.5) is 0 Å². The van der Waals surface area contributed by atoms with Gasteiger partial charge in [-0.1, -0.05) is 42.5 Å². The van der Waals surface area contributed by atoms with Crippen molar-refractivity contribution in [2.75, 3.05) is 14.2 Å².